The van der Waals surface area contributed by atoms with Crippen LogP contribution < -0.4 is 5.32 Å². The van der Waals surface area contributed by atoms with Crippen LogP contribution in [0.15, 0.2) is 39.2 Å². The molecule has 24 heavy (non-hydrogen) atoms. The molecule has 3 unspecified atom stereocenters. The van der Waals surface area contributed by atoms with Gasteiger partial charge in [0.05, 0.1) is 12.0 Å². The molecule has 0 radical (unpaired) electrons. The van der Waals surface area contributed by atoms with E-state index in [0.717, 1.165) is 30.2 Å². The Balaban J connectivity index is 1.77. The van der Waals surface area contributed by atoms with E-state index in [1.54, 1.807) is 0 Å². The van der Waals surface area contributed by atoms with Crippen LogP contribution in [-0.4, -0.2) is 30.0 Å². The number of anilines is 1. The van der Waals surface area contributed by atoms with E-state index >= 15 is 0 Å². The van der Waals surface area contributed by atoms with Gasteiger partial charge in [-0.25, -0.2) is 4.99 Å². The quantitative estimate of drug-likeness (QED) is 0.861. The summed E-state index contributed by atoms with van der Waals surface area (Å²) >= 11 is 0. The van der Waals surface area contributed by atoms with Gasteiger partial charge in [0.25, 0.3) is 0 Å². The molecule has 0 bridgehead atoms. The molecule has 1 aromatic rings. The van der Waals surface area contributed by atoms with Crippen LogP contribution in [0.4, 0.5) is 5.69 Å². The van der Waals surface area contributed by atoms with Crippen molar-refractivity contribution in [3.05, 3.63) is 29.8 Å². The fourth-order valence-electron chi connectivity index (χ4n) is 3.40. The highest BCUT2D eigenvalue weighted by Crippen LogP contribution is 2.26. The summed E-state index contributed by atoms with van der Waals surface area (Å²) in [5.41, 5.74) is 2.34. The summed E-state index contributed by atoms with van der Waals surface area (Å²) in [7, 11) is 0. The normalized spacial score (nSPS) is 26.2. The van der Waals surface area contributed by atoms with Crippen LogP contribution in [0.1, 0.15) is 51.5 Å². The summed E-state index contributed by atoms with van der Waals surface area (Å²) in [5.74, 6) is 2.02. The molecular formula is C20H28N4. The van der Waals surface area contributed by atoms with Crippen molar-refractivity contribution in [3.8, 4) is 0 Å². The number of nitrogens with zero attached hydrogens (tertiary/aromatic N) is 3. The van der Waals surface area contributed by atoms with Crippen molar-refractivity contribution in [1.29, 1.82) is 0 Å². The average molecular weight is 324 g/mol. The Labute approximate surface area is 145 Å². The minimum atomic E-state index is 0.168. The maximum atomic E-state index is 4.86. The third-order valence-electron chi connectivity index (χ3n) is 4.83. The monoisotopic (exact) mass is 324 g/mol. The highest BCUT2D eigenvalue weighted by Gasteiger charge is 2.31. The number of unbranched alkanes of at least 4 members (excludes halogenated alkanes) is 1. The Kier molecular flexibility index (Phi) is 5.44. The highest BCUT2D eigenvalue weighted by atomic mass is 15.1. The Morgan fingerprint density at radius 2 is 1.92 bits per heavy atom. The zero-order chi connectivity index (χ0) is 16.9. The Morgan fingerprint density at radius 1 is 1.12 bits per heavy atom. The minimum absolute atomic E-state index is 0.168. The molecular weight excluding hydrogens is 296 g/mol. The molecule has 0 aliphatic carbocycles. The molecule has 0 fully saturated rings. The number of aliphatic imine (C=N–C) groups is 3. The largest absolute Gasteiger partial charge is 0.343 e. The standard InChI is InChI=1S/C20H28N4/c1-4-5-6-16-11-12-19-18(13-21-16)20(23-15(3)22-19)24-17-9-7-14(2)8-10-17/h7-10,13,16,18-19H,4-6,11-12H2,1-3H3,(H,22,23,24). The molecule has 2 aliphatic rings. The van der Waals surface area contributed by atoms with E-state index in [-0.39, 0.29) is 12.0 Å². The number of fused-ring (bicyclic) bond motifs is 1. The molecule has 3 rings (SSSR count). The van der Waals surface area contributed by atoms with Crippen molar-refractivity contribution in [3.63, 3.8) is 0 Å². The predicted molar refractivity (Wildman–Crippen MR) is 104 cm³/mol. The third kappa shape index (κ3) is 4.11. The molecule has 0 saturated carbocycles. The second-order valence-corrected chi connectivity index (χ2v) is 6.93. The van der Waals surface area contributed by atoms with E-state index < -0.39 is 0 Å². The maximum Gasteiger partial charge on any atom is 0.122 e. The zero-order valence-corrected chi connectivity index (χ0v) is 15.0. The first-order valence-corrected chi connectivity index (χ1v) is 9.15. The van der Waals surface area contributed by atoms with Gasteiger partial charge in [0, 0.05) is 17.9 Å². The van der Waals surface area contributed by atoms with Crippen LogP contribution in [0.25, 0.3) is 0 Å². The number of nitrogens with one attached hydrogen (secondary N) is 1. The van der Waals surface area contributed by atoms with Gasteiger partial charge in [-0.05, 0) is 45.2 Å². The molecule has 4 nitrogen and oxygen atoms in total. The fourth-order valence-corrected chi connectivity index (χ4v) is 3.40. The predicted octanol–water partition coefficient (Wildman–Crippen LogP) is 4.65. The van der Waals surface area contributed by atoms with Crippen LogP contribution in [0, 0.1) is 12.8 Å². The number of hydrogen-bond acceptors (Lipinski definition) is 4. The van der Waals surface area contributed by atoms with Crippen molar-refractivity contribution in [2.24, 2.45) is 20.9 Å². The lowest BCUT2D eigenvalue weighted by Gasteiger charge is -2.26. The van der Waals surface area contributed by atoms with Gasteiger partial charge in [0.15, 0.2) is 0 Å². The van der Waals surface area contributed by atoms with Crippen LogP contribution in [0.3, 0.4) is 0 Å². The molecule has 2 heterocycles. The molecule has 0 spiro atoms. The number of hydrogen-bond donors (Lipinski definition) is 1. The van der Waals surface area contributed by atoms with E-state index in [1.165, 1.54) is 24.8 Å². The van der Waals surface area contributed by atoms with Gasteiger partial charge in [-0.1, -0.05) is 37.5 Å². The smallest absolute Gasteiger partial charge is 0.122 e. The lowest BCUT2D eigenvalue weighted by molar-refractivity contribution is 0.494. The van der Waals surface area contributed by atoms with E-state index in [0.29, 0.717) is 6.04 Å². The topological polar surface area (TPSA) is 49.1 Å². The molecule has 2 aliphatic heterocycles. The molecule has 0 aromatic heterocycles. The first-order valence-electron chi connectivity index (χ1n) is 9.15. The van der Waals surface area contributed by atoms with Crippen LogP contribution in [-0.2, 0) is 0 Å². The van der Waals surface area contributed by atoms with Crippen LogP contribution in [0.2, 0.25) is 0 Å². The number of benzene rings is 1. The second-order valence-electron chi connectivity index (χ2n) is 6.93. The van der Waals surface area contributed by atoms with Gasteiger partial charge < -0.3 is 5.32 Å². The van der Waals surface area contributed by atoms with E-state index in [1.807, 2.05) is 6.92 Å². The summed E-state index contributed by atoms with van der Waals surface area (Å²) < 4.78 is 0. The van der Waals surface area contributed by atoms with Gasteiger partial charge in [-0.2, -0.15) is 0 Å². The third-order valence-corrected chi connectivity index (χ3v) is 4.83. The summed E-state index contributed by atoms with van der Waals surface area (Å²) in [6.07, 6.45) is 8.00. The summed E-state index contributed by atoms with van der Waals surface area (Å²) in [4.78, 5) is 14.3. The van der Waals surface area contributed by atoms with Gasteiger partial charge in [0.1, 0.15) is 11.7 Å². The maximum absolute atomic E-state index is 4.86. The molecule has 1 aromatic carbocycles. The van der Waals surface area contributed by atoms with Crippen molar-refractivity contribution < 1.29 is 0 Å². The van der Waals surface area contributed by atoms with Gasteiger partial charge >= 0.3 is 0 Å². The molecule has 128 valence electrons. The first kappa shape index (κ1) is 16.9. The second kappa shape index (κ2) is 7.73. The zero-order valence-electron chi connectivity index (χ0n) is 15.0. The SMILES string of the molecule is CCCCC1CCC2N=C(C)N=C(Nc3ccc(C)cc3)C2C=N1. The number of rotatable bonds is 4. The Morgan fingerprint density at radius 3 is 2.67 bits per heavy atom. The average Bonchev–Trinajstić information content (AvgIpc) is 2.77. The van der Waals surface area contributed by atoms with Crippen molar-refractivity contribution in [2.45, 2.75) is 65.0 Å². The van der Waals surface area contributed by atoms with Crippen molar-refractivity contribution in [1.82, 2.24) is 0 Å². The van der Waals surface area contributed by atoms with Gasteiger partial charge in [0.2, 0.25) is 0 Å². The molecule has 3 atom stereocenters. The van der Waals surface area contributed by atoms with Crippen molar-refractivity contribution in [2.75, 3.05) is 5.32 Å². The molecule has 1 N–H and O–H groups in total. The minimum Gasteiger partial charge on any atom is -0.343 e. The fraction of sp³-hybridized carbons (Fsp3) is 0.550. The van der Waals surface area contributed by atoms with E-state index in [2.05, 4.69) is 54.6 Å². The summed E-state index contributed by atoms with van der Waals surface area (Å²) in [6.45, 7) is 6.33. The van der Waals surface area contributed by atoms with E-state index in [4.69, 9.17) is 9.98 Å². The molecule has 4 heteroatoms. The number of amidine groups is 2. The number of aryl methyl sites for hydroxylation is 1. The first-order chi connectivity index (χ1) is 11.7. The summed E-state index contributed by atoms with van der Waals surface area (Å²) in [6, 6.07) is 9.16. The molecule has 0 saturated heterocycles. The van der Waals surface area contributed by atoms with Crippen LogP contribution >= 0.6 is 0 Å². The van der Waals surface area contributed by atoms with Gasteiger partial charge in [-0.3, -0.25) is 9.98 Å². The Bertz CT molecular complexity index is 642. The van der Waals surface area contributed by atoms with Crippen LogP contribution in [0.5, 0.6) is 0 Å². The Hall–Kier alpha value is -1.97. The molecule has 0 amide bonds. The highest BCUT2D eigenvalue weighted by molar-refractivity contribution is 6.12. The van der Waals surface area contributed by atoms with Gasteiger partial charge in [-0.15, -0.1) is 0 Å². The lowest BCUT2D eigenvalue weighted by atomic mass is 9.94. The lowest BCUT2D eigenvalue weighted by Crippen LogP contribution is -2.36. The van der Waals surface area contributed by atoms with Crippen molar-refractivity contribution >= 4 is 23.6 Å². The van der Waals surface area contributed by atoms with E-state index in [9.17, 15) is 0 Å². The summed E-state index contributed by atoms with van der Waals surface area (Å²) in [5, 5.41) is 3.50.